The Morgan fingerprint density at radius 1 is 0.838 bits per heavy atom. The topological polar surface area (TPSA) is 65.6 Å². The van der Waals surface area contributed by atoms with Gasteiger partial charge in [-0.2, -0.15) is 0 Å². The van der Waals surface area contributed by atoms with Crippen LogP contribution in [0.25, 0.3) is 21.8 Å². The third-order valence-electron chi connectivity index (χ3n) is 7.02. The number of benzene rings is 2. The van der Waals surface area contributed by atoms with Crippen LogP contribution >= 0.6 is 11.6 Å². The number of pyridine rings is 2. The predicted molar refractivity (Wildman–Crippen MR) is 154 cm³/mol. The lowest BCUT2D eigenvalue weighted by Gasteiger charge is -2.34. The first-order chi connectivity index (χ1) is 18.2. The molecule has 2 aromatic heterocycles. The number of fused-ring (bicyclic) bond motifs is 2. The lowest BCUT2D eigenvalue weighted by Crippen LogP contribution is -2.47. The number of hydrogen-bond acceptors (Lipinski definition) is 7. The summed E-state index contributed by atoms with van der Waals surface area (Å²) < 4.78 is 5.46. The largest absolute Gasteiger partial charge is 0.497 e. The number of rotatable bonds is 11. The molecule has 1 fully saturated rings. The molecule has 0 amide bonds. The summed E-state index contributed by atoms with van der Waals surface area (Å²) in [6.07, 6.45) is 5.89. The second-order valence-electron chi connectivity index (χ2n) is 9.51. The number of nitrogens with zero attached hydrogens (tertiary/aromatic N) is 4. The summed E-state index contributed by atoms with van der Waals surface area (Å²) in [6, 6.07) is 16.0. The quantitative estimate of drug-likeness (QED) is 0.259. The van der Waals surface area contributed by atoms with E-state index in [1.165, 1.54) is 0 Å². The van der Waals surface area contributed by atoms with Crippen LogP contribution in [0.1, 0.15) is 12.8 Å². The van der Waals surface area contributed by atoms with Crippen LogP contribution in [0.3, 0.4) is 0 Å². The molecule has 7 nitrogen and oxygen atoms in total. The maximum absolute atomic E-state index is 6.11. The Morgan fingerprint density at radius 2 is 1.57 bits per heavy atom. The molecule has 8 heteroatoms. The average Bonchev–Trinajstić information content (AvgIpc) is 2.93. The maximum atomic E-state index is 6.11. The van der Waals surface area contributed by atoms with Crippen LogP contribution in [0.15, 0.2) is 60.9 Å². The monoisotopic (exact) mass is 518 g/mol. The highest BCUT2D eigenvalue weighted by Crippen LogP contribution is 2.28. The average molecular weight is 519 g/mol. The van der Waals surface area contributed by atoms with Crippen molar-refractivity contribution in [3.8, 4) is 5.75 Å². The van der Waals surface area contributed by atoms with Crippen LogP contribution in [-0.2, 0) is 0 Å². The van der Waals surface area contributed by atoms with Gasteiger partial charge in [-0.15, -0.1) is 0 Å². The summed E-state index contributed by atoms with van der Waals surface area (Å²) >= 11 is 6.11. The minimum absolute atomic E-state index is 0.718. The first-order valence-corrected chi connectivity index (χ1v) is 13.5. The number of aromatic nitrogens is 2. The van der Waals surface area contributed by atoms with E-state index in [2.05, 4.69) is 36.5 Å². The minimum Gasteiger partial charge on any atom is -0.497 e. The van der Waals surface area contributed by atoms with Crippen LogP contribution in [0.2, 0.25) is 5.02 Å². The van der Waals surface area contributed by atoms with E-state index in [4.69, 9.17) is 16.3 Å². The van der Waals surface area contributed by atoms with Crippen LogP contribution in [-0.4, -0.2) is 79.2 Å². The second kappa shape index (κ2) is 12.4. The SMILES string of the molecule is COc1cc(NCCCN2CCN(CCCNc3ccnc4cc(Cl)ccc34)CC2)c2ncccc2c1. The number of nitrogens with one attached hydrogen (secondary N) is 2. The van der Waals surface area contributed by atoms with E-state index in [0.29, 0.717) is 0 Å². The molecule has 2 aromatic carbocycles. The van der Waals surface area contributed by atoms with E-state index in [9.17, 15) is 0 Å². The second-order valence-corrected chi connectivity index (χ2v) is 9.95. The Bertz CT molecular complexity index is 1320. The van der Waals surface area contributed by atoms with Gasteiger partial charge in [-0.1, -0.05) is 17.7 Å². The zero-order valence-corrected chi connectivity index (χ0v) is 22.2. The highest BCUT2D eigenvalue weighted by Gasteiger charge is 2.16. The third kappa shape index (κ3) is 6.60. The van der Waals surface area contributed by atoms with Crippen molar-refractivity contribution in [2.75, 3.05) is 70.1 Å². The molecular formula is C29H35ClN6O. The first-order valence-electron chi connectivity index (χ1n) is 13.1. The van der Waals surface area contributed by atoms with Crippen molar-refractivity contribution in [2.45, 2.75) is 12.8 Å². The van der Waals surface area contributed by atoms with Crippen LogP contribution in [0.4, 0.5) is 11.4 Å². The summed E-state index contributed by atoms with van der Waals surface area (Å²) in [4.78, 5) is 14.1. The van der Waals surface area contributed by atoms with Crippen molar-refractivity contribution in [2.24, 2.45) is 0 Å². The minimum atomic E-state index is 0.718. The molecule has 5 rings (SSSR count). The zero-order valence-electron chi connectivity index (χ0n) is 21.4. The van der Waals surface area contributed by atoms with Gasteiger partial charge in [-0.25, -0.2) is 0 Å². The standard InChI is InChI=1S/C29H35ClN6O/c1-37-24-19-22-5-2-9-34-29(22)28(21-24)32-11-4-14-36-17-15-35(16-18-36)13-3-10-31-26-8-12-33-27-20-23(30)6-7-25(26)27/h2,5-9,12,19-21,32H,3-4,10-11,13-18H2,1H3,(H,31,33). The molecule has 194 valence electrons. The van der Waals surface area contributed by atoms with Gasteiger partial charge in [0.2, 0.25) is 0 Å². The van der Waals surface area contributed by atoms with Crippen molar-refractivity contribution in [3.63, 3.8) is 0 Å². The number of anilines is 2. The molecule has 1 aliphatic heterocycles. The van der Waals surface area contributed by atoms with Crippen molar-refractivity contribution in [1.82, 2.24) is 19.8 Å². The molecule has 0 spiro atoms. The summed E-state index contributed by atoms with van der Waals surface area (Å²) in [5.41, 5.74) is 4.08. The van der Waals surface area contributed by atoms with Gasteiger partial charge < -0.3 is 25.2 Å². The van der Waals surface area contributed by atoms with Gasteiger partial charge in [-0.05, 0) is 62.3 Å². The summed E-state index contributed by atoms with van der Waals surface area (Å²) in [7, 11) is 1.71. The molecule has 0 unspecified atom stereocenters. The molecule has 0 radical (unpaired) electrons. The molecule has 1 saturated heterocycles. The summed E-state index contributed by atoms with van der Waals surface area (Å²) in [6.45, 7) is 8.62. The van der Waals surface area contributed by atoms with E-state index in [-0.39, 0.29) is 0 Å². The van der Waals surface area contributed by atoms with Crippen molar-refractivity contribution >= 4 is 44.8 Å². The Kier molecular flexibility index (Phi) is 8.56. The maximum Gasteiger partial charge on any atom is 0.121 e. The van der Waals surface area contributed by atoms with Crippen molar-refractivity contribution in [3.05, 3.63) is 65.9 Å². The number of piperazine rings is 1. The highest BCUT2D eigenvalue weighted by molar-refractivity contribution is 6.31. The number of hydrogen-bond donors (Lipinski definition) is 2. The fourth-order valence-electron chi connectivity index (χ4n) is 4.98. The third-order valence-corrected chi connectivity index (χ3v) is 7.25. The Morgan fingerprint density at radius 3 is 2.30 bits per heavy atom. The molecule has 0 saturated carbocycles. The van der Waals surface area contributed by atoms with Gasteiger partial charge in [0.15, 0.2) is 0 Å². The van der Waals surface area contributed by atoms with Crippen molar-refractivity contribution in [1.29, 1.82) is 0 Å². The molecule has 1 aliphatic rings. The molecular weight excluding hydrogens is 484 g/mol. The zero-order chi connectivity index (χ0) is 25.5. The lowest BCUT2D eigenvalue weighted by molar-refractivity contribution is 0.132. The smallest absolute Gasteiger partial charge is 0.121 e. The van der Waals surface area contributed by atoms with Crippen molar-refractivity contribution < 1.29 is 4.74 Å². The molecule has 4 aromatic rings. The molecule has 0 atom stereocenters. The molecule has 0 bridgehead atoms. The fraction of sp³-hybridized carbons (Fsp3) is 0.379. The van der Waals surface area contributed by atoms with Crippen LogP contribution in [0, 0.1) is 0 Å². The molecule has 3 heterocycles. The lowest BCUT2D eigenvalue weighted by atomic mass is 10.1. The van der Waals surface area contributed by atoms with E-state index in [1.54, 1.807) is 7.11 Å². The van der Waals surface area contributed by atoms with E-state index in [0.717, 1.165) is 109 Å². The van der Waals surface area contributed by atoms with Gasteiger partial charge in [0.05, 0.1) is 23.8 Å². The fourth-order valence-corrected chi connectivity index (χ4v) is 5.15. The highest BCUT2D eigenvalue weighted by atomic mass is 35.5. The van der Waals surface area contributed by atoms with E-state index < -0.39 is 0 Å². The number of halogens is 1. The first kappa shape index (κ1) is 25.5. The van der Waals surface area contributed by atoms with Gasteiger partial charge in [0, 0.05) is 79.2 Å². The molecule has 37 heavy (non-hydrogen) atoms. The molecule has 2 N–H and O–H groups in total. The Balaban J connectivity index is 0.997. The number of methoxy groups -OCH3 is 1. The van der Waals surface area contributed by atoms with E-state index in [1.807, 2.05) is 54.9 Å². The van der Waals surface area contributed by atoms with Gasteiger partial charge in [0.1, 0.15) is 5.75 Å². The van der Waals surface area contributed by atoms with Gasteiger partial charge >= 0.3 is 0 Å². The van der Waals surface area contributed by atoms with Crippen LogP contribution < -0.4 is 15.4 Å². The Hall–Kier alpha value is -3.13. The number of ether oxygens (including phenoxy) is 1. The van der Waals surface area contributed by atoms with Gasteiger partial charge in [0.25, 0.3) is 0 Å². The van der Waals surface area contributed by atoms with Crippen LogP contribution in [0.5, 0.6) is 5.75 Å². The Labute approximate surface area is 223 Å². The predicted octanol–water partition coefficient (Wildman–Crippen LogP) is 5.37. The summed E-state index contributed by atoms with van der Waals surface area (Å²) in [5, 5.41) is 10.1. The molecule has 0 aliphatic carbocycles. The van der Waals surface area contributed by atoms with Gasteiger partial charge in [-0.3, -0.25) is 9.97 Å². The summed E-state index contributed by atoms with van der Waals surface area (Å²) in [5.74, 6) is 0.855. The van der Waals surface area contributed by atoms with E-state index >= 15 is 0 Å². The normalized spacial score (nSPS) is 14.8.